The van der Waals surface area contributed by atoms with Crippen molar-refractivity contribution in [2.45, 2.75) is 163 Å². The van der Waals surface area contributed by atoms with Crippen molar-refractivity contribution < 1.29 is 47.4 Å². The molecule has 5 aromatic carbocycles. The number of benzene rings is 5. The molecular formula is C70H100O10. The molecule has 10 bridgehead atoms. The van der Waals surface area contributed by atoms with Gasteiger partial charge in [-0.1, -0.05) is 165 Å². The minimum Gasteiger partial charge on any atom is -0.491 e. The van der Waals surface area contributed by atoms with E-state index in [1.165, 1.54) is 27.8 Å². The van der Waals surface area contributed by atoms with Gasteiger partial charge in [-0.05, 0) is 111 Å². The molecular weight excluding hydrogens is 1000 g/mol. The third-order valence-corrected chi connectivity index (χ3v) is 15.1. The molecule has 0 N–H and O–H groups in total. The summed E-state index contributed by atoms with van der Waals surface area (Å²) < 4.78 is 63.8. The maximum absolute atomic E-state index is 7.08. The predicted octanol–water partition coefficient (Wildman–Crippen LogP) is 14.6. The molecule has 0 aliphatic heterocycles. The number of ether oxygens (including phenoxy) is 10. The molecule has 1 aliphatic carbocycles. The molecule has 0 heterocycles. The second kappa shape index (κ2) is 27.3. The van der Waals surface area contributed by atoms with Crippen LogP contribution >= 0.6 is 0 Å². The topological polar surface area (TPSA) is 92.3 Å². The van der Waals surface area contributed by atoms with Gasteiger partial charge in [0, 0.05) is 67.7 Å². The zero-order valence-electron chi connectivity index (χ0n) is 53.0. The number of hydrogen-bond acceptors (Lipinski definition) is 10. The first-order valence-corrected chi connectivity index (χ1v) is 29.0. The van der Waals surface area contributed by atoms with Gasteiger partial charge in [-0.2, -0.15) is 0 Å². The van der Waals surface area contributed by atoms with Crippen molar-refractivity contribution >= 4 is 0 Å². The van der Waals surface area contributed by atoms with Crippen molar-refractivity contribution in [3.05, 3.63) is 144 Å². The summed E-state index contributed by atoms with van der Waals surface area (Å²) in [7, 11) is 8.62. The highest BCUT2D eigenvalue weighted by atomic mass is 16.5. The predicted molar refractivity (Wildman–Crippen MR) is 327 cm³/mol. The maximum atomic E-state index is 7.08. The molecule has 0 spiro atoms. The Morgan fingerprint density at radius 3 is 0.450 bits per heavy atom. The van der Waals surface area contributed by atoms with Crippen molar-refractivity contribution in [3.8, 4) is 28.7 Å². The SMILES string of the molecule is COCCOc1c2cc(C(C)(C)C)cc1Cc1cc(C(C)(C)C)cc(c1OCCOC)Cc1cc(C(C)(C)C)cc(c1OCCOC)Cc1cc(C(C)(C)C)cc(c1OCCOC)Cc1cc(C(C)(C)C)cc(c1OCCOC)C2. The molecule has 10 nitrogen and oxygen atoms in total. The molecule has 440 valence electrons. The molecule has 0 amide bonds. The number of fused-ring (bicyclic) bond motifs is 10. The van der Waals surface area contributed by atoms with Crippen molar-refractivity contribution in [2.75, 3.05) is 102 Å². The van der Waals surface area contributed by atoms with Crippen molar-refractivity contribution in [3.63, 3.8) is 0 Å². The lowest BCUT2D eigenvalue weighted by atomic mass is 9.79. The molecule has 0 unspecified atom stereocenters. The second-order valence-electron chi connectivity index (χ2n) is 27.0. The third kappa shape index (κ3) is 16.8. The van der Waals surface area contributed by atoms with Crippen LogP contribution in [0.5, 0.6) is 28.7 Å². The smallest absolute Gasteiger partial charge is 0.126 e. The van der Waals surface area contributed by atoms with Crippen molar-refractivity contribution in [1.82, 2.24) is 0 Å². The lowest BCUT2D eigenvalue weighted by Crippen LogP contribution is -2.19. The Kier molecular flexibility index (Phi) is 21.9. The molecule has 5 aromatic rings. The zero-order valence-corrected chi connectivity index (χ0v) is 53.0. The minimum absolute atomic E-state index is 0.210. The molecule has 1 aliphatic rings. The van der Waals surface area contributed by atoms with Crippen LogP contribution in [0.3, 0.4) is 0 Å². The fourth-order valence-electron chi connectivity index (χ4n) is 10.3. The van der Waals surface area contributed by atoms with E-state index in [0.29, 0.717) is 98.2 Å². The third-order valence-electron chi connectivity index (χ3n) is 15.1. The molecule has 0 fully saturated rings. The van der Waals surface area contributed by atoms with Gasteiger partial charge in [0.25, 0.3) is 0 Å². The van der Waals surface area contributed by atoms with Gasteiger partial charge in [0.05, 0.1) is 33.0 Å². The summed E-state index contributed by atoms with van der Waals surface area (Å²) in [5, 5.41) is 0. The van der Waals surface area contributed by atoms with Crippen LogP contribution in [0.1, 0.15) is 187 Å². The van der Waals surface area contributed by atoms with Crippen LogP contribution in [0.4, 0.5) is 0 Å². The highest BCUT2D eigenvalue weighted by Crippen LogP contribution is 2.45. The Balaban J connectivity index is 1.90. The maximum Gasteiger partial charge on any atom is 0.126 e. The Labute approximate surface area is 482 Å². The number of rotatable bonds is 20. The van der Waals surface area contributed by atoms with E-state index in [0.717, 1.165) is 84.4 Å². The molecule has 80 heavy (non-hydrogen) atoms. The van der Waals surface area contributed by atoms with Crippen molar-refractivity contribution in [2.24, 2.45) is 0 Å². The highest BCUT2D eigenvalue weighted by Gasteiger charge is 2.31. The van der Waals surface area contributed by atoms with Gasteiger partial charge < -0.3 is 47.4 Å². The van der Waals surface area contributed by atoms with Gasteiger partial charge in [0.2, 0.25) is 0 Å². The van der Waals surface area contributed by atoms with Crippen LogP contribution in [0.15, 0.2) is 60.7 Å². The fourth-order valence-corrected chi connectivity index (χ4v) is 10.3. The van der Waals surface area contributed by atoms with E-state index in [9.17, 15) is 0 Å². The van der Waals surface area contributed by atoms with Crippen LogP contribution in [0.2, 0.25) is 0 Å². The molecule has 0 radical (unpaired) electrons. The highest BCUT2D eigenvalue weighted by molar-refractivity contribution is 5.61. The molecule has 0 saturated carbocycles. The van der Waals surface area contributed by atoms with E-state index in [4.69, 9.17) is 47.4 Å². The first-order valence-electron chi connectivity index (χ1n) is 29.0. The van der Waals surface area contributed by atoms with E-state index in [1.807, 2.05) is 0 Å². The lowest BCUT2D eigenvalue weighted by Gasteiger charge is -2.29. The molecule has 0 saturated heterocycles. The van der Waals surface area contributed by atoms with Gasteiger partial charge >= 0.3 is 0 Å². The average molecular weight is 1100 g/mol. The van der Waals surface area contributed by atoms with Crippen LogP contribution in [0, 0.1) is 0 Å². The van der Waals surface area contributed by atoms with Gasteiger partial charge in [-0.15, -0.1) is 0 Å². The van der Waals surface area contributed by atoms with Gasteiger partial charge in [-0.25, -0.2) is 0 Å². The van der Waals surface area contributed by atoms with Gasteiger partial charge in [0.15, 0.2) is 0 Å². The minimum atomic E-state index is -0.210. The molecule has 0 aromatic heterocycles. The normalized spacial score (nSPS) is 13.5. The lowest BCUT2D eigenvalue weighted by molar-refractivity contribution is 0.144. The average Bonchev–Trinajstić information content (AvgIpc) is 3.35. The second-order valence-corrected chi connectivity index (χ2v) is 27.0. The summed E-state index contributed by atoms with van der Waals surface area (Å²) in [5.74, 6) is 4.20. The number of hydrogen-bond donors (Lipinski definition) is 0. The van der Waals surface area contributed by atoms with Crippen LogP contribution in [-0.4, -0.2) is 102 Å². The molecule has 10 heteroatoms. The quantitative estimate of drug-likeness (QED) is 0.0688. The van der Waals surface area contributed by atoms with Crippen LogP contribution < -0.4 is 23.7 Å². The Bertz CT molecular complexity index is 2280. The van der Waals surface area contributed by atoms with Crippen LogP contribution in [0.25, 0.3) is 0 Å². The summed E-state index contributed by atoms with van der Waals surface area (Å²) in [5.41, 5.74) is 15.7. The monoisotopic (exact) mass is 1100 g/mol. The number of methoxy groups -OCH3 is 5. The van der Waals surface area contributed by atoms with E-state index >= 15 is 0 Å². The zero-order chi connectivity index (χ0) is 58.8. The Morgan fingerprint density at radius 2 is 0.350 bits per heavy atom. The van der Waals surface area contributed by atoms with Crippen molar-refractivity contribution in [1.29, 1.82) is 0 Å². The first-order chi connectivity index (χ1) is 37.6. The standard InChI is InChI=1S/C70H100O10/c1-66(2,3)56-36-46-31-48-38-57(67(4,5)6)40-50(62(48)77-27-22-72-17)33-52-42-59(69(10,11)12)44-54(64(52)79-29-24-74-19)35-55-45-60(70(13,14)15)43-53(65(55)80-30-25-75-20)34-51-41-58(68(7,8)9)39-49(63(51)78-28-23-73-18)32-47(37-56)61(46)76-26-21-71-16/h36-45H,21-35H2,1-20H3. The summed E-state index contributed by atoms with van der Waals surface area (Å²) >= 11 is 0. The van der Waals surface area contributed by atoms with E-state index < -0.39 is 0 Å². The summed E-state index contributed by atoms with van der Waals surface area (Å²) in [6, 6.07) is 23.6. The van der Waals surface area contributed by atoms with Gasteiger partial charge in [0.1, 0.15) is 61.8 Å². The summed E-state index contributed by atoms with van der Waals surface area (Å²) in [4.78, 5) is 0. The van der Waals surface area contributed by atoms with E-state index in [-0.39, 0.29) is 27.1 Å². The first kappa shape index (κ1) is 64.1. The molecule has 0 atom stereocenters. The van der Waals surface area contributed by atoms with Gasteiger partial charge in [-0.3, -0.25) is 0 Å². The fraction of sp³-hybridized carbons (Fsp3) is 0.571. The molecule has 6 rings (SSSR count). The summed E-state index contributed by atoms with van der Waals surface area (Å²) in [6.45, 7) is 38.4. The summed E-state index contributed by atoms with van der Waals surface area (Å²) in [6.07, 6.45) is 2.73. The Morgan fingerprint density at radius 1 is 0.225 bits per heavy atom. The van der Waals surface area contributed by atoms with Crippen LogP contribution in [-0.2, 0) is 82.9 Å². The van der Waals surface area contributed by atoms with E-state index in [2.05, 4.69) is 165 Å². The largest absolute Gasteiger partial charge is 0.491 e. The van der Waals surface area contributed by atoms with E-state index in [1.54, 1.807) is 35.5 Å². The Hall–Kier alpha value is -5.10.